The van der Waals surface area contributed by atoms with Gasteiger partial charge in [-0.2, -0.15) is 0 Å². The summed E-state index contributed by atoms with van der Waals surface area (Å²) in [7, 11) is 2.67. The molecule has 2 aromatic heterocycles. The van der Waals surface area contributed by atoms with Gasteiger partial charge in [-0.05, 0) is 36.5 Å². The van der Waals surface area contributed by atoms with Crippen LogP contribution in [0.25, 0.3) is 0 Å². The lowest BCUT2D eigenvalue weighted by Crippen LogP contribution is -2.26. The Hall–Kier alpha value is -1.53. The molecule has 1 unspecified atom stereocenters. The van der Waals surface area contributed by atoms with Gasteiger partial charge < -0.3 is 0 Å². The van der Waals surface area contributed by atoms with Crippen LogP contribution in [0.2, 0.25) is 0 Å². The average molecular weight is 242 g/mol. The zero-order valence-electron chi connectivity index (χ0n) is 9.80. The van der Waals surface area contributed by atoms with Gasteiger partial charge in [0.25, 0.3) is 0 Å². The normalized spacial score (nSPS) is 11.2. The molecular formula is C14H15N2P. The van der Waals surface area contributed by atoms with E-state index in [-0.39, 0.29) is 5.41 Å². The van der Waals surface area contributed by atoms with Crippen LogP contribution in [-0.4, -0.2) is 9.97 Å². The number of rotatable bonds is 3. The van der Waals surface area contributed by atoms with Crippen LogP contribution in [0.15, 0.2) is 60.7 Å². The van der Waals surface area contributed by atoms with Crippen molar-refractivity contribution in [2.45, 2.75) is 12.3 Å². The molecule has 17 heavy (non-hydrogen) atoms. The lowest BCUT2D eigenvalue weighted by atomic mass is 9.82. The van der Waals surface area contributed by atoms with E-state index in [4.69, 9.17) is 0 Å². The van der Waals surface area contributed by atoms with E-state index >= 15 is 0 Å². The van der Waals surface area contributed by atoms with Gasteiger partial charge in [-0.25, -0.2) is 0 Å². The van der Waals surface area contributed by atoms with E-state index in [1.165, 1.54) is 0 Å². The molecule has 0 amide bonds. The van der Waals surface area contributed by atoms with E-state index < -0.39 is 0 Å². The third kappa shape index (κ3) is 2.13. The van der Waals surface area contributed by atoms with Crippen molar-refractivity contribution in [3.8, 4) is 0 Å². The Morgan fingerprint density at radius 1 is 1.06 bits per heavy atom. The van der Waals surface area contributed by atoms with E-state index in [0.29, 0.717) is 0 Å². The van der Waals surface area contributed by atoms with Gasteiger partial charge in [0.2, 0.25) is 0 Å². The van der Waals surface area contributed by atoms with Crippen molar-refractivity contribution in [2.24, 2.45) is 0 Å². The molecule has 0 aliphatic carbocycles. The fourth-order valence-corrected chi connectivity index (χ4v) is 2.07. The van der Waals surface area contributed by atoms with Crippen molar-refractivity contribution in [1.82, 2.24) is 9.97 Å². The smallest absolute Gasteiger partial charge is 0.0761 e. The van der Waals surface area contributed by atoms with Crippen LogP contribution in [0.1, 0.15) is 18.3 Å². The van der Waals surface area contributed by atoms with Gasteiger partial charge in [-0.15, -0.1) is 9.24 Å². The summed E-state index contributed by atoms with van der Waals surface area (Å²) in [5.74, 6) is 0. The third-order valence-corrected chi connectivity index (χ3v) is 3.57. The molecule has 0 saturated carbocycles. The van der Waals surface area contributed by atoms with Gasteiger partial charge in [0.15, 0.2) is 0 Å². The lowest BCUT2D eigenvalue weighted by Gasteiger charge is -2.28. The van der Waals surface area contributed by atoms with E-state index in [0.717, 1.165) is 16.7 Å². The number of aromatic nitrogens is 2. The first-order valence-electron chi connectivity index (χ1n) is 5.43. The highest BCUT2D eigenvalue weighted by atomic mass is 31.0. The van der Waals surface area contributed by atoms with Crippen LogP contribution < -0.4 is 0 Å². The van der Waals surface area contributed by atoms with Crippen molar-refractivity contribution in [1.29, 1.82) is 0 Å². The third-order valence-electron chi connectivity index (χ3n) is 3.00. The molecule has 0 radical (unpaired) electrons. The van der Waals surface area contributed by atoms with Crippen molar-refractivity contribution in [2.75, 3.05) is 0 Å². The first-order chi connectivity index (χ1) is 8.15. The second-order valence-electron chi connectivity index (χ2n) is 4.08. The van der Waals surface area contributed by atoms with Gasteiger partial charge in [-0.1, -0.05) is 18.7 Å². The van der Waals surface area contributed by atoms with Crippen molar-refractivity contribution < 1.29 is 0 Å². The van der Waals surface area contributed by atoms with Gasteiger partial charge in [0, 0.05) is 12.4 Å². The highest BCUT2D eigenvalue weighted by molar-refractivity contribution is 7.22. The van der Waals surface area contributed by atoms with Gasteiger partial charge >= 0.3 is 0 Å². The molecule has 2 nitrogen and oxygen atoms in total. The molecule has 0 aromatic carbocycles. The maximum atomic E-state index is 4.43. The Bertz CT molecular complexity index is 469. The molecule has 0 N–H and O–H groups in total. The standard InChI is InChI=1S/C14H15N2P/c1-11(17)14(2,12-7-3-5-9-15-12)13-8-4-6-10-16-13/h3-10H,1,17H2,2H3. The predicted octanol–water partition coefficient (Wildman–Crippen LogP) is 3.17. The Balaban J connectivity index is 2.59. The van der Waals surface area contributed by atoms with Crippen molar-refractivity contribution in [3.05, 3.63) is 72.1 Å². The molecule has 1 atom stereocenters. The highest BCUT2D eigenvalue weighted by Crippen LogP contribution is 2.38. The average Bonchev–Trinajstić information content (AvgIpc) is 2.39. The minimum absolute atomic E-state index is 0.368. The molecule has 2 heterocycles. The molecule has 0 fully saturated rings. The molecule has 0 aliphatic rings. The Morgan fingerprint density at radius 3 is 1.82 bits per heavy atom. The zero-order valence-corrected chi connectivity index (χ0v) is 11.0. The van der Waals surface area contributed by atoms with E-state index in [1.54, 1.807) is 12.4 Å². The Labute approximate surface area is 104 Å². The second-order valence-corrected chi connectivity index (χ2v) is 4.78. The summed E-state index contributed by atoms with van der Waals surface area (Å²) in [6.45, 7) is 6.15. The first-order valence-corrected chi connectivity index (χ1v) is 6.01. The van der Waals surface area contributed by atoms with Gasteiger partial charge in [-0.3, -0.25) is 9.97 Å². The summed E-state index contributed by atoms with van der Waals surface area (Å²) in [4.78, 5) is 8.87. The molecule has 0 saturated heterocycles. The number of hydrogen-bond donors (Lipinski definition) is 0. The molecule has 0 spiro atoms. The van der Waals surface area contributed by atoms with Crippen LogP contribution in [0.4, 0.5) is 0 Å². The lowest BCUT2D eigenvalue weighted by molar-refractivity contribution is 0.658. The fraction of sp³-hybridized carbons (Fsp3) is 0.143. The fourth-order valence-electron chi connectivity index (χ4n) is 1.78. The number of allylic oxidation sites excluding steroid dienone is 1. The van der Waals surface area contributed by atoms with Crippen LogP contribution in [0, 0.1) is 0 Å². The van der Waals surface area contributed by atoms with Gasteiger partial charge in [0.05, 0.1) is 16.8 Å². The highest BCUT2D eigenvalue weighted by Gasteiger charge is 2.32. The van der Waals surface area contributed by atoms with Crippen molar-refractivity contribution >= 4 is 9.24 Å². The molecule has 2 rings (SSSR count). The maximum Gasteiger partial charge on any atom is 0.0761 e. The van der Waals surface area contributed by atoms with Crippen LogP contribution in [0.5, 0.6) is 0 Å². The molecular weight excluding hydrogens is 227 g/mol. The zero-order chi connectivity index (χ0) is 12.3. The summed E-state index contributed by atoms with van der Waals surface area (Å²) in [6.07, 6.45) is 3.59. The number of hydrogen-bond acceptors (Lipinski definition) is 2. The number of pyridine rings is 2. The van der Waals surface area contributed by atoms with E-state index in [1.807, 2.05) is 36.4 Å². The number of nitrogens with zero attached hydrogens (tertiary/aromatic N) is 2. The van der Waals surface area contributed by atoms with Crippen LogP contribution in [-0.2, 0) is 5.41 Å². The monoisotopic (exact) mass is 242 g/mol. The van der Waals surface area contributed by atoms with Crippen molar-refractivity contribution in [3.63, 3.8) is 0 Å². The molecule has 86 valence electrons. The second kappa shape index (κ2) is 4.77. The minimum atomic E-state index is -0.368. The predicted molar refractivity (Wildman–Crippen MR) is 73.8 cm³/mol. The largest absolute Gasteiger partial charge is 0.260 e. The molecule has 3 heteroatoms. The van der Waals surface area contributed by atoms with E-state index in [2.05, 4.69) is 32.7 Å². The van der Waals surface area contributed by atoms with Crippen LogP contribution >= 0.6 is 9.24 Å². The molecule has 0 bridgehead atoms. The van der Waals surface area contributed by atoms with E-state index in [9.17, 15) is 0 Å². The summed E-state index contributed by atoms with van der Waals surface area (Å²) in [6, 6.07) is 11.8. The van der Waals surface area contributed by atoms with Crippen LogP contribution in [0.3, 0.4) is 0 Å². The summed E-state index contributed by atoms with van der Waals surface area (Å²) < 4.78 is 0. The Morgan fingerprint density at radius 2 is 1.53 bits per heavy atom. The maximum absolute atomic E-state index is 4.43. The molecule has 2 aromatic rings. The minimum Gasteiger partial charge on any atom is -0.260 e. The molecule has 0 aliphatic heterocycles. The first kappa shape index (κ1) is 11.9. The SMILES string of the molecule is C=C(P)C(C)(c1ccccn1)c1ccccn1. The topological polar surface area (TPSA) is 25.8 Å². The van der Waals surface area contributed by atoms with Gasteiger partial charge in [0.1, 0.15) is 0 Å². The summed E-state index contributed by atoms with van der Waals surface area (Å²) in [5.41, 5.74) is 1.55. The summed E-state index contributed by atoms with van der Waals surface area (Å²) in [5, 5.41) is 0.954. The quantitative estimate of drug-likeness (QED) is 0.772. The Kier molecular flexibility index (Phi) is 3.35. The summed E-state index contributed by atoms with van der Waals surface area (Å²) >= 11 is 0.